The van der Waals surface area contributed by atoms with Crippen LogP contribution in [0.1, 0.15) is 34.0 Å². The molecule has 0 aliphatic carbocycles. The molecule has 0 fully saturated rings. The molecule has 0 atom stereocenters. The van der Waals surface area contributed by atoms with Crippen LogP contribution < -0.4 is 11.1 Å². The van der Waals surface area contributed by atoms with E-state index in [4.69, 9.17) is 0 Å². The Labute approximate surface area is 226 Å². The Morgan fingerprint density at radius 2 is 0.974 bits per heavy atom. The van der Waals surface area contributed by atoms with Crippen molar-refractivity contribution < 1.29 is 0 Å². The zero-order chi connectivity index (χ0) is 27.3. The first-order chi connectivity index (χ1) is 18.9. The molecular formula is C33H30N4O2. The summed E-state index contributed by atoms with van der Waals surface area (Å²) in [6.07, 6.45) is 0. The second-order valence-electron chi connectivity index (χ2n) is 9.99. The topological polar surface area (TPSA) is 53.9 Å². The zero-order valence-electron chi connectivity index (χ0n) is 22.5. The molecule has 2 aromatic heterocycles. The standard InChI is InChI=1S/C33H30N4O2/c1-22-29(32(38)36(34(22)3)27-15-7-5-8-16-27)31(26-20-19-24-13-11-12-14-25(24)21-26)30-23(2)35(4)37(33(30)39)28-17-9-6-10-18-28/h5-21,31H,1-4H3. The summed E-state index contributed by atoms with van der Waals surface area (Å²) in [5.74, 6) is -0.554. The average Bonchev–Trinajstić information content (AvgIpc) is 3.32. The Bertz CT molecular complexity index is 1840. The maximum atomic E-state index is 14.3. The SMILES string of the molecule is Cc1c(C(c2ccc3ccccc3c2)c2c(C)n(C)n(-c3ccccc3)c2=O)c(=O)n(-c2ccccc2)n1C. The van der Waals surface area contributed by atoms with Gasteiger partial charge in [-0.25, -0.2) is 9.36 Å². The number of rotatable bonds is 5. The molecule has 0 radical (unpaired) electrons. The minimum atomic E-state index is -0.554. The summed E-state index contributed by atoms with van der Waals surface area (Å²) in [5.41, 5.74) is 5.04. The Morgan fingerprint density at radius 3 is 1.46 bits per heavy atom. The van der Waals surface area contributed by atoms with E-state index in [9.17, 15) is 9.59 Å². The van der Waals surface area contributed by atoms with Crippen molar-refractivity contribution in [3.05, 3.63) is 152 Å². The molecule has 39 heavy (non-hydrogen) atoms. The van der Waals surface area contributed by atoms with Crippen LogP contribution in [0.4, 0.5) is 0 Å². The van der Waals surface area contributed by atoms with Crippen LogP contribution in [0, 0.1) is 13.8 Å². The molecule has 0 spiro atoms. The van der Waals surface area contributed by atoms with E-state index in [0.717, 1.165) is 39.1 Å². The molecule has 0 unspecified atom stereocenters. The fourth-order valence-electron chi connectivity index (χ4n) is 5.71. The summed E-state index contributed by atoms with van der Waals surface area (Å²) in [7, 11) is 3.79. The van der Waals surface area contributed by atoms with Gasteiger partial charge in [-0.1, -0.05) is 78.9 Å². The Kier molecular flexibility index (Phi) is 5.95. The van der Waals surface area contributed by atoms with Gasteiger partial charge in [-0.15, -0.1) is 0 Å². The van der Waals surface area contributed by atoms with Gasteiger partial charge in [0.25, 0.3) is 11.1 Å². The van der Waals surface area contributed by atoms with Crippen LogP contribution in [0.5, 0.6) is 0 Å². The van der Waals surface area contributed by atoms with E-state index < -0.39 is 5.92 Å². The highest BCUT2D eigenvalue weighted by Crippen LogP contribution is 2.35. The number of para-hydroxylation sites is 2. The number of hydrogen-bond donors (Lipinski definition) is 0. The third kappa shape index (κ3) is 3.87. The lowest BCUT2D eigenvalue weighted by molar-refractivity contribution is 0.630. The number of benzene rings is 4. The van der Waals surface area contributed by atoms with Crippen molar-refractivity contribution in [2.24, 2.45) is 14.1 Å². The highest BCUT2D eigenvalue weighted by molar-refractivity contribution is 5.83. The lowest BCUT2D eigenvalue weighted by atomic mass is 9.84. The second kappa shape index (κ2) is 9.48. The first-order valence-corrected chi connectivity index (χ1v) is 13.0. The van der Waals surface area contributed by atoms with Crippen LogP contribution in [0.15, 0.2) is 113 Å². The predicted molar refractivity (Wildman–Crippen MR) is 156 cm³/mol. The quantitative estimate of drug-likeness (QED) is 0.300. The predicted octanol–water partition coefficient (Wildman–Crippen LogP) is 5.62. The molecule has 194 valence electrons. The van der Waals surface area contributed by atoms with Gasteiger partial charge in [0.2, 0.25) is 0 Å². The molecule has 4 aromatic carbocycles. The third-order valence-corrected chi connectivity index (χ3v) is 7.88. The van der Waals surface area contributed by atoms with Crippen molar-refractivity contribution in [2.75, 3.05) is 0 Å². The van der Waals surface area contributed by atoms with E-state index in [1.165, 1.54) is 0 Å². The van der Waals surface area contributed by atoms with E-state index in [1.807, 2.05) is 116 Å². The van der Waals surface area contributed by atoms with E-state index >= 15 is 0 Å². The molecule has 0 bridgehead atoms. The van der Waals surface area contributed by atoms with Gasteiger partial charge in [0.1, 0.15) is 0 Å². The fourth-order valence-corrected chi connectivity index (χ4v) is 5.71. The van der Waals surface area contributed by atoms with Crippen LogP contribution in [0.2, 0.25) is 0 Å². The summed E-state index contributed by atoms with van der Waals surface area (Å²) in [5, 5.41) is 2.17. The largest absolute Gasteiger partial charge is 0.285 e. The number of nitrogens with zero attached hydrogens (tertiary/aromatic N) is 4. The molecule has 0 aliphatic heterocycles. The Hall–Kier alpha value is -4.84. The summed E-state index contributed by atoms with van der Waals surface area (Å²) in [6, 6.07) is 33.6. The van der Waals surface area contributed by atoms with Crippen LogP contribution in [-0.2, 0) is 14.1 Å². The van der Waals surface area contributed by atoms with Crippen molar-refractivity contribution in [2.45, 2.75) is 19.8 Å². The molecule has 0 saturated carbocycles. The zero-order valence-corrected chi connectivity index (χ0v) is 22.5. The molecule has 6 rings (SSSR count). The molecule has 2 heterocycles. The minimum absolute atomic E-state index is 0.131. The van der Waals surface area contributed by atoms with Gasteiger partial charge < -0.3 is 0 Å². The first kappa shape index (κ1) is 24.5. The molecule has 0 N–H and O–H groups in total. The maximum absolute atomic E-state index is 14.3. The number of aromatic nitrogens is 4. The van der Waals surface area contributed by atoms with Crippen molar-refractivity contribution in [1.82, 2.24) is 18.7 Å². The molecule has 6 heteroatoms. The number of fused-ring (bicyclic) bond motifs is 1. The maximum Gasteiger partial charge on any atom is 0.275 e. The molecule has 0 aliphatic rings. The fraction of sp³-hybridized carbons (Fsp3) is 0.152. The van der Waals surface area contributed by atoms with Gasteiger partial charge in [-0.2, -0.15) is 0 Å². The van der Waals surface area contributed by atoms with E-state index in [-0.39, 0.29) is 11.1 Å². The van der Waals surface area contributed by atoms with E-state index in [2.05, 4.69) is 24.3 Å². The average molecular weight is 515 g/mol. The lowest BCUT2D eigenvalue weighted by Crippen LogP contribution is -2.26. The number of hydrogen-bond acceptors (Lipinski definition) is 2. The molecule has 0 saturated heterocycles. The Morgan fingerprint density at radius 1 is 0.538 bits per heavy atom. The van der Waals surface area contributed by atoms with Crippen LogP contribution in [0.25, 0.3) is 22.1 Å². The van der Waals surface area contributed by atoms with Gasteiger partial charge in [0.05, 0.1) is 22.5 Å². The van der Waals surface area contributed by atoms with Crippen molar-refractivity contribution in [3.63, 3.8) is 0 Å². The van der Waals surface area contributed by atoms with Crippen molar-refractivity contribution in [1.29, 1.82) is 0 Å². The third-order valence-electron chi connectivity index (χ3n) is 7.88. The van der Waals surface area contributed by atoms with Crippen LogP contribution in [0.3, 0.4) is 0 Å². The van der Waals surface area contributed by atoms with Gasteiger partial charge in [0, 0.05) is 31.4 Å². The normalized spacial score (nSPS) is 11.5. The lowest BCUT2D eigenvalue weighted by Gasteiger charge is -2.17. The highest BCUT2D eigenvalue weighted by Gasteiger charge is 2.32. The van der Waals surface area contributed by atoms with Crippen LogP contribution >= 0.6 is 0 Å². The summed E-state index contributed by atoms with van der Waals surface area (Å²) in [4.78, 5) is 28.5. The highest BCUT2D eigenvalue weighted by atomic mass is 16.1. The molecule has 6 nitrogen and oxygen atoms in total. The Balaban J connectivity index is 1.69. The van der Waals surface area contributed by atoms with Crippen molar-refractivity contribution in [3.8, 4) is 11.4 Å². The monoisotopic (exact) mass is 514 g/mol. The summed E-state index contributed by atoms with van der Waals surface area (Å²) >= 11 is 0. The van der Waals surface area contributed by atoms with Gasteiger partial charge in [-0.05, 0) is 54.4 Å². The molecular weight excluding hydrogens is 484 g/mol. The van der Waals surface area contributed by atoms with Gasteiger partial charge in [0.15, 0.2) is 0 Å². The van der Waals surface area contributed by atoms with Crippen LogP contribution in [-0.4, -0.2) is 18.7 Å². The first-order valence-electron chi connectivity index (χ1n) is 13.0. The second-order valence-corrected chi connectivity index (χ2v) is 9.99. The molecule has 6 aromatic rings. The van der Waals surface area contributed by atoms with Gasteiger partial charge >= 0.3 is 0 Å². The smallest absolute Gasteiger partial charge is 0.275 e. The summed E-state index contributed by atoms with van der Waals surface area (Å²) < 4.78 is 7.14. The van der Waals surface area contributed by atoms with Gasteiger partial charge in [-0.3, -0.25) is 19.0 Å². The van der Waals surface area contributed by atoms with E-state index in [1.54, 1.807) is 9.36 Å². The summed E-state index contributed by atoms with van der Waals surface area (Å²) in [6.45, 7) is 3.91. The van der Waals surface area contributed by atoms with E-state index in [0.29, 0.717) is 11.1 Å². The minimum Gasteiger partial charge on any atom is -0.285 e. The molecule has 0 amide bonds. The van der Waals surface area contributed by atoms with Crippen molar-refractivity contribution >= 4 is 10.8 Å².